The molecular formula is C20H19NO2S. The second-order valence-electron chi connectivity index (χ2n) is 6.29. The fourth-order valence-electron chi connectivity index (χ4n) is 3.53. The van der Waals surface area contributed by atoms with Crippen molar-refractivity contribution < 1.29 is 8.42 Å². The van der Waals surface area contributed by atoms with E-state index in [2.05, 4.69) is 13.0 Å². The highest BCUT2D eigenvalue weighted by Crippen LogP contribution is 2.40. The molecule has 2 heterocycles. The minimum absolute atomic E-state index is 0.200. The van der Waals surface area contributed by atoms with Gasteiger partial charge >= 0.3 is 0 Å². The number of aromatic nitrogens is 1. The van der Waals surface area contributed by atoms with Crippen molar-refractivity contribution in [2.45, 2.75) is 35.7 Å². The Bertz CT molecular complexity index is 973. The molecule has 0 aliphatic carbocycles. The number of sulfone groups is 1. The Balaban J connectivity index is 2.01. The first kappa shape index (κ1) is 15.2. The van der Waals surface area contributed by atoms with E-state index in [4.69, 9.17) is 0 Å². The van der Waals surface area contributed by atoms with E-state index in [0.717, 1.165) is 29.7 Å². The second-order valence-corrected chi connectivity index (χ2v) is 8.16. The van der Waals surface area contributed by atoms with Gasteiger partial charge in [0.25, 0.3) is 0 Å². The summed E-state index contributed by atoms with van der Waals surface area (Å²) in [5.41, 5.74) is 2.86. The summed E-state index contributed by atoms with van der Waals surface area (Å²) < 4.78 is 28.8. The lowest BCUT2D eigenvalue weighted by atomic mass is 10.1. The molecule has 2 aromatic carbocycles. The lowest BCUT2D eigenvalue weighted by molar-refractivity contribution is 0.526. The smallest absolute Gasteiger partial charge is 0.222 e. The molecule has 1 unspecified atom stereocenters. The van der Waals surface area contributed by atoms with Gasteiger partial charge in [-0.25, -0.2) is 8.42 Å². The Labute approximate surface area is 142 Å². The molecule has 0 fully saturated rings. The molecular weight excluding hydrogens is 318 g/mol. The minimum atomic E-state index is -3.57. The predicted octanol–water partition coefficient (Wildman–Crippen LogP) is 4.50. The molecule has 1 atom stereocenters. The van der Waals surface area contributed by atoms with Crippen LogP contribution in [0.15, 0.2) is 76.7 Å². The molecule has 3 nitrogen and oxygen atoms in total. The maximum absolute atomic E-state index is 13.4. The molecule has 4 rings (SSSR count). The normalized spacial score (nSPS) is 17.0. The van der Waals surface area contributed by atoms with Crippen LogP contribution in [0.4, 0.5) is 0 Å². The zero-order valence-electron chi connectivity index (χ0n) is 13.5. The number of hydrogen-bond acceptors (Lipinski definition) is 2. The van der Waals surface area contributed by atoms with Gasteiger partial charge < -0.3 is 4.57 Å². The third kappa shape index (κ3) is 2.29. The van der Waals surface area contributed by atoms with E-state index in [1.54, 1.807) is 24.3 Å². The van der Waals surface area contributed by atoms with Gasteiger partial charge in [-0.15, -0.1) is 0 Å². The third-order valence-corrected chi connectivity index (χ3v) is 6.54. The van der Waals surface area contributed by atoms with Gasteiger partial charge in [0.2, 0.25) is 9.84 Å². The van der Waals surface area contributed by atoms with E-state index in [1.165, 1.54) is 0 Å². The fourth-order valence-corrected chi connectivity index (χ4v) is 5.29. The highest BCUT2D eigenvalue weighted by Gasteiger charge is 2.33. The lowest BCUT2D eigenvalue weighted by Gasteiger charge is -2.15. The molecule has 0 amide bonds. The molecule has 122 valence electrons. The second kappa shape index (κ2) is 5.64. The average molecular weight is 337 g/mol. The van der Waals surface area contributed by atoms with Crippen molar-refractivity contribution in [3.05, 3.63) is 72.4 Å². The van der Waals surface area contributed by atoms with Crippen LogP contribution in [0.2, 0.25) is 0 Å². The molecule has 1 aliphatic rings. The van der Waals surface area contributed by atoms with Crippen LogP contribution < -0.4 is 0 Å². The molecule has 24 heavy (non-hydrogen) atoms. The van der Waals surface area contributed by atoms with Crippen LogP contribution in [0, 0.1) is 0 Å². The standard InChI is InChI=1S/C20H19NO2S/c1-15-12-13-17-14-19(16-8-4-2-5-9-16)20(21(15)17)24(22,23)18-10-6-3-7-11-18/h2-11,14-15H,12-13H2,1H3. The maximum Gasteiger partial charge on any atom is 0.222 e. The van der Waals surface area contributed by atoms with Crippen LogP contribution in [0.1, 0.15) is 25.1 Å². The van der Waals surface area contributed by atoms with Crippen LogP contribution in [-0.4, -0.2) is 13.0 Å². The van der Waals surface area contributed by atoms with Crippen molar-refractivity contribution in [3.63, 3.8) is 0 Å². The summed E-state index contributed by atoms with van der Waals surface area (Å²) in [5, 5.41) is 0.430. The fraction of sp³-hybridized carbons (Fsp3) is 0.200. The van der Waals surface area contributed by atoms with Crippen LogP contribution >= 0.6 is 0 Å². The highest BCUT2D eigenvalue weighted by atomic mass is 32.2. The van der Waals surface area contributed by atoms with Crippen molar-refractivity contribution in [3.8, 4) is 11.1 Å². The first-order valence-corrected chi connectivity index (χ1v) is 9.67. The SMILES string of the molecule is CC1CCc2cc(-c3ccccc3)c(S(=O)(=O)c3ccccc3)n21. The summed E-state index contributed by atoms with van der Waals surface area (Å²) in [6.07, 6.45) is 1.91. The molecule has 3 aromatic rings. The Morgan fingerprint density at radius 1 is 0.958 bits per heavy atom. The van der Waals surface area contributed by atoms with Crippen molar-refractivity contribution in [1.29, 1.82) is 0 Å². The van der Waals surface area contributed by atoms with E-state index in [-0.39, 0.29) is 6.04 Å². The van der Waals surface area contributed by atoms with Gasteiger partial charge in [-0.1, -0.05) is 48.5 Å². The molecule has 0 radical (unpaired) electrons. The van der Waals surface area contributed by atoms with Crippen molar-refractivity contribution >= 4 is 9.84 Å². The molecule has 0 N–H and O–H groups in total. The minimum Gasteiger partial charge on any atom is -0.332 e. The maximum atomic E-state index is 13.4. The molecule has 1 aliphatic heterocycles. The molecule has 0 spiro atoms. The van der Waals surface area contributed by atoms with Crippen LogP contribution in [0.5, 0.6) is 0 Å². The summed E-state index contributed by atoms with van der Waals surface area (Å²) in [6, 6.07) is 20.7. The number of nitrogens with zero attached hydrogens (tertiary/aromatic N) is 1. The number of benzene rings is 2. The molecule has 4 heteroatoms. The number of fused-ring (bicyclic) bond motifs is 1. The van der Waals surface area contributed by atoms with Gasteiger partial charge in [0.15, 0.2) is 0 Å². The summed E-state index contributed by atoms with van der Waals surface area (Å²) in [5.74, 6) is 0. The highest BCUT2D eigenvalue weighted by molar-refractivity contribution is 7.91. The van der Waals surface area contributed by atoms with Gasteiger partial charge in [0.1, 0.15) is 5.03 Å². The van der Waals surface area contributed by atoms with E-state index >= 15 is 0 Å². The van der Waals surface area contributed by atoms with E-state index in [0.29, 0.717) is 9.92 Å². The molecule has 1 aromatic heterocycles. The lowest BCUT2D eigenvalue weighted by Crippen LogP contribution is -2.12. The molecule has 0 bridgehead atoms. The number of hydrogen-bond donors (Lipinski definition) is 0. The monoisotopic (exact) mass is 337 g/mol. The average Bonchev–Trinajstić information content (AvgIpc) is 3.17. The summed E-state index contributed by atoms with van der Waals surface area (Å²) in [4.78, 5) is 0.349. The van der Waals surface area contributed by atoms with Gasteiger partial charge in [0.05, 0.1) is 4.90 Å². The van der Waals surface area contributed by atoms with Gasteiger partial charge in [-0.2, -0.15) is 0 Å². The Hall–Kier alpha value is -2.33. The third-order valence-electron chi connectivity index (χ3n) is 4.72. The molecule has 0 saturated carbocycles. The Morgan fingerprint density at radius 2 is 1.58 bits per heavy atom. The van der Waals surface area contributed by atoms with E-state index < -0.39 is 9.84 Å². The zero-order chi connectivity index (χ0) is 16.7. The zero-order valence-corrected chi connectivity index (χ0v) is 14.3. The summed E-state index contributed by atoms with van der Waals surface area (Å²) in [6.45, 7) is 2.09. The number of aryl methyl sites for hydroxylation is 1. The topological polar surface area (TPSA) is 39.1 Å². The van der Waals surface area contributed by atoms with E-state index in [9.17, 15) is 8.42 Å². The van der Waals surface area contributed by atoms with Crippen LogP contribution in [-0.2, 0) is 16.3 Å². The summed E-state index contributed by atoms with van der Waals surface area (Å²) in [7, 11) is -3.57. The summed E-state index contributed by atoms with van der Waals surface area (Å²) >= 11 is 0. The van der Waals surface area contributed by atoms with Gasteiger partial charge in [-0.3, -0.25) is 0 Å². The molecule has 0 saturated heterocycles. The Kier molecular flexibility index (Phi) is 3.57. The van der Waals surface area contributed by atoms with Crippen LogP contribution in [0.25, 0.3) is 11.1 Å². The quantitative estimate of drug-likeness (QED) is 0.706. The van der Waals surface area contributed by atoms with Gasteiger partial charge in [0, 0.05) is 17.3 Å². The Morgan fingerprint density at radius 3 is 2.25 bits per heavy atom. The van der Waals surface area contributed by atoms with E-state index in [1.807, 2.05) is 41.0 Å². The number of rotatable bonds is 3. The van der Waals surface area contributed by atoms with Crippen molar-refractivity contribution in [2.75, 3.05) is 0 Å². The largest absolute Gasteiger partial charge is 0.332 e. The van der Waals surface area contributed by atoms with Gasteiger partial charge in [-0.05, 0) is 43.5 Å². The predicted molar refractivity (Wildman–Crippen MR) is 94.8 cm³/mol. The first-order chi connectivity index (χ1) is 11.6. The first-order valence-electron chi connectivity index (χ1n) is 8.18. The van der Waals surface area contributed by atoms with Crippen molar-refractivity contribution in [2.24, 2.45) is 0 Å². The van der Waals surface area contributed by atoms with Crippen molar-refractivity contribution in [1.82, 2.24) is 4.57 Å². The van der Waals surface area contributed by atoms with Crippen LogP contribution in [0.3, 0.4) is 0 Å².